The molecule has 3 nitrogen and oxygen atoms in total. The molecule has 1 fully saturated rings. The first-order valence-corrected chi connectivity index (χ1v) is 6.19. The Labute approximate surface area is 101 Å². The zero-order valence-electron chi connectivity index (χ0n) is 9.91. The average molecular weight is 230 g/mol. The van der Waals surface area contributed by atoms with Crippen molar-refractivity contribution in [2.24, 2.45) is 11.1 Å². The number of benzene rings is 1. The molecule has 17 heavy (non-hydrogen) atoms. The van der Waals surface area contributed by atoms with Gasteiger partial charge in [0.05, 0.1) is 6.26 Å². The lowest BCUT2D eigenvalue weighted by Gasteiger charge is -2.12. The maximum atomic E-state index is 5.76. The summed E-state index contributed by atoms with van der Waals surface area (Å²) in [5.74, 6) is 0. The van der Waals surface area contributed by atoms with Crippen LogP contribution in [0.1, 0.15) is 18.4 Å². The molecule has 0 bridgehead atoms. The van der Waals surface area contributed by atoms with Gasteiger partial charge in [0, 0.05) is 24.0 Å². The Hall–Kier alpha value is -1.32. The van der Waals surface area contributed by atoms with Crippen molar-refractivity contribution in [3.8, 4) is 0 Å². The van der Waals surface area contributed by atoms with Crippen LogP contribution >= 0.6 is 0 Å². The molecule has 2 aromatic rings. The van der Waals surface area contributed by atoms with Gasteiger partial charge in [0.15, 0.2) is 0 Å². The van der Waals surface area contributed by atoms with Crippen molar-refractivity contribution >= 4 is 11.0 Å². The van der Waals surface area contributed by atoms with Gasteiger partial charge in [-0.05, 0) is 30.9 Å². The van der Waals surface area contributed by atoms with E-state index in [0.717, 1.165) is 25.2 Å². The molecule has 90 valence electrons. The molecule has 3 rings (SSSR count). The summed E-state index contributed by atoms with van der Waals surface area (Å²) in [5.41, 5.74) is 8.34. The Morgan fingerprint density at radius 1 is 1.29 bits per heavy atom. The number of nitrogens with one attached hydrogen (secondary N) is 1. The van der Waals surface area contributed by atoms with Gasteiger partial charge >= 0.3 is 0 Å². The van der Waals surface area contributed by atoms with Crippen LogP contribution < -0.4 is 11.1 Å². The van der Waals surface area contributed by atoms with Crippen LogP contribution in [0.15, 0.2) is 34.9 Å². The molecule has 1 aromatic heterocycles. The van der Waals surface area contributed by atoms with E-state index < -0.39 is 0 Å². The molecule has 0 spiro atoms. The second-order valence-corrected chi connectivity index (χ2v) is 5.06. The van der Waals surface area contributed by atoms with Crippen molar-refractivity contribution in [2.75, 3.05) is 13.1 Å². The molecular formula is C14H18N2O. The maximum absolute atomic E-state index is 5.76. The summed E-state index contributed by atoms with van der Waals surface area (Å²) < 4.78 is 5.51. The van der Waals surface area contributed by atoms with E-state index in [2.05, 4.69) is 11.4 Å². The van der Waals surface area contributed by atoms with Crippen LogP contribution in [-0.4, -0.2) is 13.1 Å². The van der Waals surface area contributed by atoms with Crippen molar-refractivity contribution in [3.63, 3.8) is 0 Å². The molecule has 3 N–H and O–H groups in total. The van der Waals surface area contributed by atoms with Gasteiger partial charge in [-0.3, -0.25) is 0 Å². The lowest BCUT2D eigenvalue weighted by molar-refractivity contribution is 0.467. The molecule has 0 unspecified atom stereocenters. The highest BCUT2D eigenvalue weighted by molar-refractivity contribution is 5.80. The van der Waals surface area contributed by atoms with E-state index in [9.17, 15) is 0 Å². The number of hydrogen-bond acceptors (Lipinski definition) is 3. The van der Waals surface area contributed by atoms with Gasteiger partial charge in [0.25, 0.3) is 0 Å². The minimum atomic E-state index is 0.388. The lowest BCUT2D eigenvalue weighted by Crippen LogP contribution is -2.29. The zero-order chi connectivity index (χ0) is 11.7. The summed E-state index contributed by atoms with van der Waals surface area (Å²) >= 11 is 0. The first-order valence-electron chi connectivity index (χ1n) is 6.19. The molecule has 0 atom stereocenters. The quantitative estimate of drug-likeness (QED) is 0.828. The molecule has 1 aliphatic carbocycles. The first kappa shape index (κ1) is 10.8. The second-order valence-electron chi connectivity index (χ2n) is 5.06. The fraction of sp³-hybridized carbons (Fsp3) is 0.429. The highest BCUT2D eigenvalue weighted by Crippen LogP contribution is 2.43. The molecular weight excluding hydrogens is 212 g/mol. The van der Waals surface area contributed by atoms with Gasteiger partial charge in [0.2, 0.25) is 0 Å². The molecule has 0 amide bonds. The summed E-state index contributed by atoms with van der Waals surface area (Å²) in [6.07, 6.45) is 4.38. The molecule has 1 saturated carbocycles. The number of fused-ring (bicyclic) bond motifs is 1. The van der Waals surface area contributed by atoms with Crippen LogP contribution in [0, 0.1) is 5.41 Å². The SMILES string of the molecule is NCC1(CNCc2coc3ccccc23)CC1. The minimum absolute atomic E-state index is 0.388. The molecule has 1 heterocycles. The Balaban J connectivity index is 1.65. The molecule has 0 aliphatic heterocycles. The van der Waals surface area contributed by atoms with Gasteiger partial charge in [0.1, 0.15) is 5.58 Å². The molecule has 1 aliphatic rings. The Morgan fingerprint density at radius 3 is 2.88 bits per heavy atom. The zero-order valence-corrected chi connectivity index (χ0v) is 9.91. The summed E-state index contributed by atoms with van der Waals surface area (Å²) in [4.78, 5) is 0. The highest BCUT2D eigenvalue weighted by Gasteiger charge is 2.40. The summed E-state index contributed by atoms with van der Waals surface area (Å²) in [6, 6.07) is 8.15. The number of hydrogen-bond donors (Lipinski definition) is 2. The summed E-state index contributed by atoms with van der Waals surface area (Å²) in [5, 5.41) is 4.70. The Kier molecular flexibility index (Phi) is 2.65. The van der Waals surface area contributed by atoms with Crippen molar-refractivity contribution in [3.05, 3.63) is 36.1 Å². The molecule has 0 saturated heterocycles. The predicted molar refractivity (Wildman–Crippen MR) is 68.6 cm³/mol. The maximum Gasteiger partial charge on any atom is 0.134 e. The van der Waals surface area contributed by atoms with E-state index in [0.29, 0.717) is 5.41 Å². The van der Waals surface area contributed by atoms with Crippen LogP contribution in [0.2, 0.25) is 0 Å². The van der Waals surface area contributed by atoms with E-state index in [1.807, 2.05) is 24.5 Å². The van der Waals surface area contributed by atoms with Crippen molar-refractivity contribution in [1.82, 2.24) is 5.32 Å². The monoisotopic (exact) mass is 230 g/mol. The summed E-state index contributed by atoms with van der Waals surface area (Å²) in [7, 11) is 0. The van der Waals surface area contributed by atoms with E-state index in [-0.39, 0.29) is 0 Å². The average Bonchev–Trinajstić information content (AvgIpc) is 3.04. The number of furan rings is 1. The lowest BCUT2D eigenvalue weighted by atomic mass is 10.1. The Morgan fingerprint density at radius 2 is 2.12 bits per heavy atom. The van der Waals surface area contributed by atoms with Gasteiger partial charge in [-0.25, -0.2) is 0 Å². The number of para-hydroxylation sites is 1. The van der Waals surface area contributed by atoms with E-state index in [4.69, 9.17) is 10.2 Å². The predicted octanol–water partition coefficient (Wildman–Crippen LogP) is 2.26. The normalized spacial score (nSPS) is 17.5. The molecule has 0 radical (unpaired) electrons. The van der Waals surface area contributed by atoms with Crippen LogP contribution in [0.25, 0.3) is 11.0 Å². The van der Waals surface area contributed by atoms with Gasteiger partial charge in [-0.2, -0.15) is 0 Å². The second kappa shape index (κ2) is 4.17. The highest BCUT2D eigenvalue weighted by atomic mass is 16.3. The first-order chi connectivity index (χ1) is 8.33. The number of nitrogens with two attached hydrogens (primary N) is 1. The van der Waals surface area contributed by atoms with Gasteiger partial charge in [-0.15, -0.1) is 0 Å². The fourth-order valence-corrected chi connectivity index (χ4v) is 2.26. The largest absolute Gasteiger partial charge is 0.464 e. The minimum Gasteiger partial charge on any atom is -0.464 e. The van der Waals surface area contributed by atoms with Crippen LogP contribution in [-0.2, 0) is 6.54 Å². The van der Waals surface area contributed by atoms with Crippen LogP contribution in [0.5, 0.6) is 0 Å². The van der Waals surface area contributed by atoms with Crippen LogP contribution in [0.3, 0.4) is 0 Å². The number of rotatable bonds is 5. The van der Waals surface area contributed by atoms with E-state index in [1.165, 1.54) is 23.8 Å². The van der Waals surface area contributed by atoms with Crippen molar-refractivity contribution < 1.29 is 4.42 Å². The van der Waals surface area contributed by atoms with Gasteiger partial charge in [-0.1, -0.05) is 18.2 Å². The Bertz CT molecular complexity index is 514. The van der Waals surface area contributed by atoms with Crippen molar-refractivity contribution in [2.45, 2.75) is 19.4 Å². The topological polar surface area (TPSA) is 51.2 Å². The standard InChI is InChI=1S/C14H18N2O/c15-9-14(5-6-14)10-16-7-11-8-17-13-4-2-1-3-12(11)13/h1-4,8,16H,5-7,9-10,15H2. The molecule has 1 aromatic carbocycles. The van der Waals surface area contributed by atoms with E-state index >= 15 is 0 Å². The third kappa shape index (κ3) is 2.08. The van der Waals surface area contributed by atoms with Gasteiger partial charge < -0.3 is 15.5 Å². The third-order valence-electron chi connectivity index (χ3n) is 3.77. The molecule has 3 heteroatoms. The van der Waals surface area contributed by atoms with Crippen LogP contribution in [0.4, 0.5) is 0 Å². The van der Waals surface area contributed by atoms with Crippen molar-refractivity contribution in [1.29, 1.82) is 0 Å². The fourth-order valence-electron chi connectivity index (χ4n) is 2.26. The smallest absolute Gasteiger partial charge is 0.134 e. The van der Waals surface area contributed by atoms with E-state index in [1.54, 1.807) is 0 Å². The summed E-state index contributed by atoms with van der Waals surface area (Å²) in [6.45, 7) is 2.67. The third-order valence-corrected chi connectivity index (χ3v) is 3.77.